The molecule has 134 valence electrons. The fourth-order valence-electron chi connectivity index (χ4n) is 5.46. The highest BCUT2D eigenvalue weighted by Crippen LogP contribution is 2.43. The first-order valence-corrected chi connectivity index (χ1v) is 9.77. The lowest BCUT2D eigenvalue weighted by Gasteiger charge is -2.57. The second-order valence-electron chi connectivity index (χ2n) is 8.56. The Morgan fingerprint density at radius 1 is 1.12 bits per heavy atom. The third kappa shape index (κ3) is 2.85. The van der Waals surface area contributed by atoms with Crippen LogP contribution in [0.15, 0.2) is 0 Å². The van der Waals surface area contributed by atoms with Crippen LogP contribution in [0.1, 0.15) is 52.4 Å². The van der Waals surface area contributed by atoms with Gasteiger partial charge in [0.2, 0.25) is 5.91 Å². The lowest BCUT2D eigenvalue weighted by molar-refractivity contribution is -0.161. The molecule has 4 saturated heterocycles. The molecule has 1 amide bonds. The van der Waals surface area contributed by atoms with E-state index in [1.807, 2.05) is 13.8 Å². The molecule has 5 nitrogen and oxygen atoms in total. The van der Waals surface area contributed by atoms with E-state index in [-0.39, 0.29) is 18.0 Å². The van der Waals surface area contributed by atoms with Crippen molar-refractivity contribution in [3.05, 3.63) is 0 Å². The van der Waals surface area contributed by atoms with Gasteiger partial charge in [-0.1, -0.05) is 13.8 Å². The topological polar surface area (TPSA) is 49.9 Å². The Morgan fingerprint density at radius 2 is 1.92 bits per heavy atom. The summed E-state index contributed by atoms with van der Waals surface area (Å²) in [4.78, 5) is 29.1. The Bertz CT molecular complexity index is 521. The molecule has 0 radical (unpaired) electrons. The van der Waals surface area contributed by atoms with E-state index in [9.17, 15) is 9.59 Å². The van der Waals surface area contributed by atoms with Crippen LogP contribution in [-0.2, 0) is 14.3 Å². The number of esters is 1. The highest BCUT2D eigenvalue weighted by Gasteiger charge is 2.49. The predicted molar refractivity (Wildman–Crippen MR) is 90.3 cm³/mol. The van der Waals surface area contributed by atoms with E-state index in [1.54, 1.807) is 0 Å². The van der Waals surface area contributed by atoms with Gasteiger partial charge in [-0.15, -0.1) is 0 Å². The Morgan fingerprint density at radius 3 is 2.71 bits per heavy atom. The highest BCUT2D eigenvalue weighted by molar-refractivity contribution is 5.77. The van der Waals surface area contributed by atoms with E-state index in [1.165, 1.54) is 12.8 Å². The summed E-state index contributed by atoms with van der Waals surface area (Å²) in [6.45, 7) is 6.87. The highest BCUT2D eigenvalue weighted by atomic mass is 16.5. The molecule has 4 rings (SSSR count). The molecule has 0 N–H and O–H groups in total. The van der Waals surface area contributed by atoms with Crippen LogP contribution in [0, 0.1) is 17.8 Å². The first kappa shape index (κ1) is 16.4. The number of rotatable bonds is 2. The molecule has 0 spiro atoms. The lowest BCUT2D eigenvalue weighted by atomic mass is 9.70. The molecule has 4 unspecified atom stereocenters. The molecule has 4 fully saturated rings. The van der Waals surface area contributed by atoms with Gasteiger partial charge in [0.25, 0.3) is 0 Å². The zero-order chi connectivity index (χ0) is 16.8. The van der Waals surface area contributed by atoms with Crippen LogP contribution in [0.5, 0.6) is 0 Å². The van der Waals surface area contributed by atoms with Crippen molar-refractivity contribution in [3.63, 3.8) is 0 Å². The van der Waals surface area contributed by atoms with E-state index < -0.39 is 0 Å². The SMILES string of the molecule is CC(C)C(=O)O[C@H]1CCN2CC3CC(CN4C(=O)CCCC34)C2C1. The number of carbonyl (C=O) groups is 2. The molecule has 5 heteroatoms. The first-order valence-electron chi connectivity index (χ1n) is 9.77. The average Bonchev–Trinajstić information content (AvgIpc) is 2.56. The summed E-state index contributed by atoms with van der Waals surface area (Å²) in [6.07, 6.45) is 6.21. The number of amides is 1. The molecule has 0 saturated carbocycles. The van der Waals surface area contributed by atoms with Crippen LogP contribution in [0.4, 0.5) is 0 Å². The fourth-order valence-corrected chi connectivity index (χ4v) is 5.46. The second kappa shape index (κ2) is 6.32. The zero-order valence-corrected chi connectivity index (χ0v) is 14.9. The normalized spacial score (nSPS) is 39.4. The van der Waals surface area contributed by atoms with Gasteiger partial charge >= 0.3 is 5.97 Å². The number of nitrogens with zero attached hydrogens (tertiary/aromatic N) is 2. The smallest absolute Gasteiger partial charge is 0.308 e. The first-order chi connectivity index (χ1) is 11.5. The van der Waals surface area contributed by atoms with Crippen LogP contribution < -0.4 is 0 Å². The van der Waals surface area contributed by atoms with Crippen molar-refractivity contribution in [3.8, 4) is 0 Å². The van der Waals surface area contributed by atoms with Crippen LogP contribution in [0.25, 0.3) is 0 Å². The van der Waals surface area contributed by atoms with Crippen molar-refractivity contribution in [1.82, 2.24) is 9.80 Å². The van der Waals surface area contributed by atoms with Gasteiger partial charge in [-0.25, -0.2) is 0 Å². The Kier molecular flexibility index (Phi) is 4.31. The minimum absolute atomic E-state index is 0.0554. The van der Waals surface area contributed by atoms with Gasteiger partial charge in [-0.2, -0.15) is 0 Å². The van der Waals surface area contributed by atoms with Crippen LogP contribution >= 0.6 is 0 Å². The van der Waals surface area contributed by atoms with Crippen molar-refractivity contribution in [2.45, 2.75) is 70.6 Å². The molecule has 0 aromatic rings. The third-order valence-corrected chi connectivity index (χ3v) is 6.67. The maximum atomic E-state index is 12.3. The van der Waals surface area contributed by atoms with Gasteiger partial charge in [0.15, 0.2) is 0 Å². The number of piperidine rings is 4. The van der Waals surface area contributed by atoms with Crippen LogP contribution in [0.3, 0.4) is 0 Å². The number of carbonyl (C=O) groups excluding carboxylic acids is 2. The fraction of sp³-hybridized carbons (Fsp3) is 0.895. The molecule has 4 aliphatic rings. The maximum Gasteiger partial charge on any atom is 0.308 e. The van der Waals surface area contributed by atoms with Gasteiger partial charge in [0, 0.05) is 44.6 Å². The molecule has 0 aromatic carbocycles. The van der Waals surface area contributed by atoms with E-state index in [0.717, 1.165) is 45.3 Å². The molecule has 0 aromatic heterocycles. The van der Waals surface area contributed by atoms with Crippen LogP contribution in [-0.4, -0.2) is 59.5 Å². The largest absolute Gasteiger partial charge is 0.462 e. The van der Waals surface area contributed by atoms with Gasteiger partial charge < -0.3 is 9.64 Å². The Hall–Kier alpha value is -1.10. The van der Waals surface area contributed by atoms with Crippen molar-refractivity contribution >= 4 is 11.9 Å². The quantitative estimate of drug-likeness (QED) is 0.725. The van der Waals surface area contributed by atoms with Gasteiger partial charge in [0.1, 0.15) is 6.10 Å². The Balaban J connectivity index is 1.45. The van der Waals surface area contributed by atoms with Crippen LogP contribution in [0.2, 0.25) is 0 Å². The summed E-state index contributed by atoms with van der Waals surface area (Å²) in [5.74, 6) is 1.45. The predicted octanol–water partition coefficient (Wildman–Crippen LogP) is 2.05. The van der Waals surface area contributed by atoms with Crippen molar-refractivity contribution < 1.29 is 14.3 Å². The van der Waals surface area contributed by atoms with Gasteiger partial charge in [-0.05, 0) is 37.5 Å². The number of hydrogen-bond donors (Lipinski definition) is 0. The molecule has 0 aliphatic carbocycles. The van der Waals surface area contributed by atoms with E-state index in [2.05, 4.69) is 9.80 Å². The molecule has 4 heterocycles. The molecule has 2 bridgehead atoms. The zero-order valence-electron chi connectivity index (χ0n) is 14.9. The molecule has 24 heavy (non-hydrogen) atoms. The van der Waals surface area contributed by atoms with E-state index >= 15 is 0 Å². The number of ether oxygens (including phenoxy) is 1. The number of hydrogen-bond acceptors (Lipinski definition) is 4. The molecular formula is C19H30N2O3. The standard InChI is InChI=1S/C19H30N2O3/c1-12(2)19(23)24-15-6-7-20-10-13-8-14(17(20)9-15)11-21-16(13)4-3-5-18(21)22/h12-17H,3-11H2,1-2H3/t13?,14?,15-,16?,17?/m0/s1. The monoisotopic (exact) mass is 334 g/mol. The summed E-state index contributed by atoms with van der Waals surface area (Å²) in [7, 11) is 0. The molecule has 4 aliphatic heterocycles. The minimum atomic E-state index is -0.0722. The average molecular weight is 334 g/mol. The van der Waals surface area contributed by atoms with Gasteiger partial charge in [0.05, 0.1) is 5.92 Å². The van der Waals surface area contributed by atoms with Crippen molar-refractivity contribution in [1.29, 1.82) is 0 Å². The third-order valence-electron chi connectivity index (χ3n) is 6.67. The summed E-state index contributed by atoms with van der Waals surface area (Å²) in [5, 5.41) is 0. The minimum Gasteiger partial charge on any atom is -0.462 e. The summed E-state index contributed by atoms with van der Waals surface area (Å²) < 4.78 is 5.72. The Labute approximate surface area is 144 Å². The summed E-state index contributed by atoms with van der Waals surface area (Å²) in [5.41, 5.74) is 0. The van der Waals surface area contributed by atoms with E-state index in [4.69, 9.17) is 4.74 Å². The van der Waals surface area contributed by atoms with Gasteiger partial charge in [-0.3, -0.25) is 14.5 Å². The maximum absolute atomic E-state index is 12.3. The van der Waals surface area contributed by atoms with Crippen molar-refractivity contribution in [2.24, 2.45) is 17.8 Å². The lowest BCUT2D eigenvalue weighted by Crippen LogP contribution is -2.65. The van der Waals surface area contributed by atoms with E-state index in [0.29, 0.717) is 29.8 Å². The molecule has 5 atom stereocenters. The van der Waals surface area contributed by atoms with Crippen molar-refractivity contribution in [2.75, 3.05) is 19.6 Å². The number of fused-ring (bicyclic) bond motifs is 6. The molecular weight excluding hydrogens is 304 g/mol. The summed E-state index contributed by atoms with van der Waals surface area (Å²) >= 11 is 0. The summed E-state index contributed by atoms with van der Waals surface area (Å²) in [6, 6.07) is 0.968. The second-order valence-corrected chi connectivity index (χ2v) is 8.56.